The van der Waals surface area contributed by atoms with Crippen LogP contribution in [0.25, 0.3) is 11.3 Å². The van der Waals surface area contributed by atoms with Gasteiger partial charge < -0.3 is 14.5 Å². The van der Waals surface area contributed by atoms with Gasteiger partial charge in [0.1, 0.15) is 29.7 Å². The molecule has 6 nitrogen and oxygen atoms in total. The number of aryl methyl sites for hydroxylation is 1. The van der Waals surface area contributed by atoms with E-state index in [0.717, 1.165) is 22.4 Å². The number of rotatable bonds is 6. The predicted molar refractivity (Wildman–Crippen MR) is 114 cm³/mol. The Bertz CT molecular complexity index is 1150. The molecule has 3 aromatic rings. The van der Waals surface area contributed by atoms with Crippen LogP contribution in [0, 0.1) is 25.2 Å². The monoisotopic (exact) mass is 407 g/mol. The average molecular weight is 407 g/mol. The van der Waals surface area contributed by atoms with Gasteiger partial charge in [-0.15, -0.1) is 0 Å². The van der Waals surface area contributed by atoms with Gasteiger partial charge >= 0.3 is 0 Å². The molecule has 1 N–H and O–H groups in total. The van der Waals surface area contributed by atoms with E-state index < -0.39 is 5.56 Å². The van der Waals surface area contributed by atoms with Gasteiger partial charge in [-0.1, -0.05) is 23.9 Å². The minimum Gasteiger partial charge on any atom is -0.496 e. The lowest BCUT2D eigenvalue weighted by atomic mass is 10.0. The molecule has 0 atom stereocenters. The van der Waals surface area contributed by atoms with Crippen molar-refractivity contribution >= 4 is 11.8 Å². The molecule has 1 heterocycles. The van der Waals surface area contributed by atoms with Crippen LogP contribution in [0.5, 0.6) is 11.5 Å². The van der Waals surface area contributed by atoms with Gasteiger partial charge in [-0.2, -0.15) is 5.26 Å². The van der Waals surface area contributed by atoms with Crippen LogP contribution >= 0.6 is 11.8 Å². The second kappa shape index (κ2) is 8.84. The first-order valence-electron chi connectivity index (χ1n) is 8.93. The van der Waals surface area contributed by atoms with Gasteiger partial charge in [0.15, 0.2) is 5.16 Å². The minimum absolute atomic E-state index is 0.0191. The lowest BCUT2D eigenvalue weighted by Crippen LogP contribution is -2.14. The maximum atomic E-state index is 12.2. The summed E-state index contributed by atoms with van der Waals surface area (Å²) < 4.78 is 11.5. The quantitative estimate of drug-likeness (QED) is 0.486. The summed E-state index contributed by atoms with van der Waals surface area (Å²) in [4.78, 5) is 19.3. The summed E-state index contributed by atoms with van der Waals surface area (Å²) in [6.07, 6.45) is 1.81. The topological polar surface area (TPSA) is 88.0 Å². The summed E-state index contributed by atoms with van der Waals surface area (Å²) >= 11 is 1.31. The van der Waals surface area contributed by atoms with Crippen molar-refractivity contribution in [3.8, 4) is 28.8 Å². The third-order valence-corrected chi connectivity index (χ3v) is 5.27. The van der Waals surface area contributed by atoms with Crippen molar-refractivity contribution in [2.24, 2.45) is 0 Å². The first-order chi connectivity index (χ1) is 14.0. The standard InChI is InChI=1S/C22H21N3O3S/c1-13-6-5-7-18(14(13)2)28-12-16-10-15(8-9-19(16)27-3)20-17(11-23)21(26)25-22(24-20)29-4/h5-10H,12H2,1-4H3,(H,24,25,26). The molecule has 0 saturated carbocycles. The number of methoxy groups -OCH3 is 1. The second-order valence-corrected chi connectivity index (χ2v) is 7.22. The van der Waals surface area contributed by atoms with Crippen LogP contribution in [0.15, 0.2) is 46.3 Å². The van der Waals surface area contributed by atoms with Crippen molar-refractivity contribution in [3.63, 3.8) is 0 Å². The zero-order valence-corrected chi connectivity index (χ0v) is 17.5. The first-order valence-corrected chi connectivity index (χ1v) is 10.2. The molecule has 2 aromatic carbocycles. The van der Waals surface area contributed by atoms with E-state index in [2.05, 4.69) is 9.97 Å². The summed E-state index contributed by atoms with van der Waals surface area (Å²) in [6.45, 7) is 4.33. The molecule has 0 fully saturated rings. The zero-order valence-electron chi connectivity index (χ0n) is 16.7. The van der Waals surface area contributed by atoms with Gasteiger partial charge in [-0.3, -0.25) is 4.79 Å². The van der Waals surface area contributed by atoms with E-state index >= 15 is 0 Å². The number of aromatic nitrogens is 2. The van der Waals surface area contributed by atoms with Gasteiger partial charge in [0.2, 0.25) is 0 Å². The molecule has 7 heteroatoms. The van der Waals surface area contributed by atoms with Crippen molar-refractivity contribution in [1.29, 1.82) is 5.26 Å². The molecule has 0 spiro atoms. The number of thioether (sulfide) groups is 1. The molecule has 3 rings (SSSR count). The number of ether oxygens (including phenoxy) is 2. The number of nitrogens with zero attached hydrogens (tertiary/aromatic N) is 2. The molecular weight excluding hydrogens is 386 g/mol. The van der Waals surface area contributed by atoms with Crippen LogP contribution < -0.4 is 15.0 Å². The van der Waals surface area contributed by atoms with Crippen LogP contribution in [0.4, 0.5) is 0 Å². The Kier molecular flexibility index (Phi) is 6.25. The highest BCUT2D eigenvalue weighted by molar-refractivity contribution is 7.98. The molecule has 29 heavy (non-hydrogen) atoms. The number of H-pyrrole nitrogens is 1. The Balaban J connectivity index is 2.02. The van der Waals surface area contributed by atoms with Crippen LogP contribution in [0.3, 0.4) is 0 Å². The van der Waals surface area contributed by atoms with E-state index in [9.17, 15) is 10.1 Å². The largest absolute Gasteiger partial charge is 0.496 e. The van der Waals surface area contributed by atoms with Crippen LogP contribution in [0.1, 0.15) is 22.3 Å². The van der Waals surface area contributed by atoms with Crippen molar-refractivity contribution in [2.45, 2.75) is 25.6 Å². The molecule has 1 aromatic heterocycles. The Labute approximate surface area is 173 Å². The maximum absolute atomic E-state index is 12.2. The molecule has 148 valence electrons. The fourth-order valence-corrected chi connectivity index (χ4v) is 3.31. The van der Waals surface area contributed by atoms with Crippen molar-refractivity contribution in [1.82, 2.24) is 9.97 Å². The Hall–Kier alpha value is -3.24. The molecule has 0 aliphatic carbocycles. The minimum atomic E-state index is -0.453. The van der Waals surface area contributed by atoms with Gasteiger partial charge in [0.25, 0.3) is 5.56 Å². The van der Waals surface area contributed by atoms with Gasteiger partial charge in [-0.05, 0) is 55.5 Å². The highest BCUT2D eigenvalue weighted by Gasteiger charge is 2.16. The molecule has 0 aliphatic heterocycles. The van der Waals surface area contributed by atoms with E-state index in [-0.39, 0.29) is 12.2 Å². The van der Waals surface area contributed by atoms with Gasteiger partial charge in [-0.25, -0.2) is 4.98 Å². The van der Waals surface area contributed by atoms with E-state index in [4.69, 9.17) is 9.47 Å². The lowest BCUT2D eigenvalue weighted by molar-refractivity contribution is 0.294. The van der Waals surface area contributed by atoms with E-state index in [0.29, 0.717) is 22.2 Å². The Morgan fingerprint density at radius 1 is 1.21 bits per heavy atom. The van der Waals surface area contributed by atoms with Crippen molar-refractivity contribution in [3.05, 3.63) is 69.0 Å². The lowest BCUT2D eigenvalue weighted by Gasteiger charge is -2.14. The number of benzene rings is 2. The molecule has 0 aliphatic rings. The molecule has 0 saturated heterocycles. The van der Waals surface area contributed by atoms with Crippen LogP contribution in [0.2, 0.25) is 0 Å². The summed E-state index contributed by atoms with van der Waals surface area (Å²) in [5, 5.41) is 9.89. The normalized spacial score (nSPS) is 10.4. The molecule has 0 bridgehead atoms. The Morgan fingerprint density at radius 3 is 2.69 bits per heavy atom. The van der Waals surface area contributed by atoms with Crippen LogP contribution in [-0.2, 0) is 6.61 Å². The highest BCUT2D eigenvalue weighted by Crippen LogP contribution is 2.29. The second-order valence-electron chi connectivity index (χ2n) is 6.42. The van der Waals surface area contributed by atoms with Crippen molar-refractivity contribution in [2.75, 3.05) is 13.4 Å². The smallest absolute Gasteiger partial charge is 0.270 e. The van der Waals surface area contributed by atoms with E-state index in [1.54, 1.807) is 19.2 Å². The number of hydrogen-bond donors (Lipinski definition) is 1. The molecule has 0 radical (unpaired) electrons. The van der Waals surface area contributed by atoms with Crippen LogP contribution in [-0.4, -0.2) is 23.3 Å². The molecular formula is C22H21N3O3S. The fourth-order valence-electron chi connectivity index (χ4n) is 2.94. The third kappa shape index (κ3) is 4.28. The van der Waals surface area contributed by atoms with Crippen molar-refractivity contribution < 1.29 is 9.47 Å². The molecule has 0 amide bonds. The number of nitrogens with one attached hydrogen (secondary N) is 1. The van der Waals surface area contributed by atoms with Gasteiger partial charge in [0, 0.05) is 11.1 Å². The van der Waals surface area contributed by atoms with E-state index in [1.165, 1.54) is 11.8 Å². The predicted octanol–water partition coefficient (Wildman–Crippen LogP) is 4.23. The summed E-state index contributed by atoms with van der Waals surface area (Å²) in [7, 11) is 1.59. The summed E-state index contributed by atoms with van der Waals surface area (Å²) in [5.41, 5.74) is 3.55. The highest BCUT2D eigenvalue weighted by atomic mass is 32.2. The van der Waals surface area contributed by atoms with E-state index in [1.807, 2.05) is 50.4 Å². The maximum Gasteiger partial charge on any atom is 0.270 e. The van der Waals surface area contributed by atoms with Gasteiger partial charge in [0.05, 0.1) is 12.8 Å². The SMILES string of the molecule is COc1ccc(-c2nc(SC)[nH]c(=O)c2C#N)cc1COc1cccc(C)c1C. The number of aromatic amines is 1. The summed E-state index contributed by atoms with van der Waals surface area (Å²) in [5.74, 6) is 1.46. The Morgan fingerprint density at radius 2 is 2.00 bits per heavy atom. The summed E-state index contributed by atoms with van der Waals surface area (Å²) in [6, 6.07) is 13.3. The average Bonchev–Trinajstić information content (AvgIpc) is 2.73. The number of nitriles is 1. The molecule has 0 unspecified atom stereocenters. The fraction of sp³-hybridized carbons (Fsp3) is 0.227. The third-order valence-electron chi connectivity index (χ3n) is 4.69. The zero-order chi connectivity index (χ0) is 21.0. The first kappa shape index (κ1) is 20.5. The number of hydrogen-bond acceptors (Lipinski definition) is 6.